The SMILES string of the molecule is CCC/C=C\N/N=C\C=C(/C)NC. The van der Waals surface area contributed by atoms with E-state index in [0.717, 1.165) is 12.1 Å². The lowest BCUT2D eigenvalue weighted by atomic mass is 10.3. The molecule has 0 aromatic carbocycles. The van der Waals surface area contributed by atoms with Crippen LogP contribution in [-0.4, -0.2) is 13.3 Å². The Morgan fingerprint density at radius 3 is 2.85 bits per heavy atom. The maximum atomic E-state index is 3.95. The lowest BCUT2D eigenvalue weighted by Gasteiger charge is -1.93. The van der Waals surface area contributed by atoms with E-state index in [4.69, 9.17) is 0 Å². The zero-order chi connectivity index (χ0) is 9.94. The van der Waals surface area contributed by atoms with Crippen molar-refractivity contribution >= 4 is 6.21 Å². The van der Waals surface area contributed by atoms with Crippen LogP contribution in [-0.2, 0) is 0 Å². The van der Waals surface area contributed by atoms with E-state index in [9.17, 15) is 0 Å². The van der Waals surface area contributed by atoms with E-state index in [2.05, 4.69) is 28.8 Å². The van der Waals surface area contributed by atoms with E-state index in [1.54, 1.807) is 6.21 Å². The van der Waals surface area contributed by atoms with E-state index in [1.807, 2.05) is 26.2 Å². The quantitative estimate of drug-likeness (QED) is 0.485. The third kappa shape index (κ3) is 8.66. The molecule has 0 bridgehead atoms. The summed E-state index contributed by atoms with van der Waals surface area (Å²) in [7, 11) is 1.88. The molecule has 0 unspecified atom stereocenters. The summed E-state index contributed by atoms with van der Waals surface area (Å²) in [5.74, 6) is 0. The third-order valence-electron chi connectivity index (χ3n) is 1.52. The van der Waals surface area contributed by atoms with Gasteiger partial charge in [-0.15, -0.1) is 0 Å². The Hall–Kier alpha value is -1.25. The number of nitrogens with zero attached hydrogens (tertiary/aromatic N) is 1. The molecule has 74 valence electrons. The predicted molar refractivity (Wildman–Crippen MR) is 58.5 cm³/mol. The van der Waals surface area contributed by atoms with Crippen molar-refractivity contribution in [3.05, 3.63) is 24.0 Å². The van der Waals surface area contributed by atoms with Crippen molar-refractivity contribution in [3.63, 3.8) is 0 Å². The minimum Gasteiger partial charge on any atom is -0.392 e. The van der Waals surface area contributed by atoms with Crippen LogP contribution < -0.4 is 10.7 Å². The zero-order valence-electron chi connectivity index (χ0n) is 8.67. The van der Waals surface area contributed by atoms with Crippen molar-refractivity contribution in [2.45, 2.75) is 26.7 Å². The fourth-order valence-corrected chi connectivity index (χ4v) is 0.621. The number of unbranched alkanes of at least 4 members (excludes halogenated alkanes) is 1. The summed E-state index contributed by atoms with van der Waals surface area (Å²) in [6.45, 7) is 4.13. The normalized spacial score (nSPS) is 12.7. The van der Waals surface area contributed by atoms with Crippen LogP contribution in [0.1, 0.15) is 26.7 Å². The zero-order valence-corrected chi connectivity index (χ0v) is 8.67. The average Bonchev–Trinajstić information content (AvgIpc) is 2.16. The Kier molecular flexibility index (Phi) is 7.99. The molecule has 0 aliphatic carbocycles. The number of hydrogen-bond donors (Lipinski definition) is 2. The van der Waals surface area contributed by atoms with Crippen molar-refractivity contribution in [1.82, 2.24) is 10.7 Å². The van der Waals surface area contributed by atoms with Gasteiger partial charge in [0.1, 0.15) is 0 Å². The van der Waals surface area contributed by atoms with Gasteiger partial charge in [-0.2, -0.15) is 5.10 Å². The highest BCUT2D eigenvalue weighted by molar-refractivity contribution is 5.71. The van der Waals surface area contributed by atoms with Gasteiger partial charge in [0.05, 0.1) is 0 Å². The molecule has 0 radical (unpaired) electrons. The minimum absolute atomic E-state index is 1.09. The molecule has 0 spiro atoms. The maximum Gasteiger partial charge on any atom is 0.0489 e. The van der Waals surface area contributed by atoms with Gasteiger partial charge in [-0.05, 0) is 19.4 Å². The Labute approximate surface area is 80.6 Å². The number of hydrogen-bond acceptors (Lipinski definition) is 3. The van der Waals surface area contributed by atoms with E-state index < -0.39 is 0 Å². The van der Waals surface area contributed by atoms with Crippen molar-refractivity contribution in [3.8, 4) is 0 Å². The summed E-state index contributed by atoms with van der Waals surface area (Å²) in [5, 5.41) is 6.95. The topological polar surface area (TPSA) is 36.4 Å². The molecule has 3 heteroatoms. The van der Waals surface area contributed by atoms with Crippen molar-refractivity contribution in [1.29, 1.82) is 0 Å². The molecule has 13 heavy (non-hydrogen) atoms. The van der Waals surface area contributed by atoms with Crippen LogP contribution in [0, 0.1) is 0 Å². The smallest absolute Gasteiger partial charge is 0.0489 e. The van der Waals surface area contributed by atoms with Gasteiger partial charge >= 0.3 is 0 Å². The minimum atomic E-state index is 1.09. The second kappa shape index (κ2) is 8.84. The fourth-order valence-electron chi connectivity index (χ4n) is 0.621. The fraction of sp³-hybridized carbons (Fsp3) is 0.500. The summed E-state index contributed by atoms with van der Waals surface area (Å²) in [6, 6.07) is 0. The molecular weight excluding hydrogens is 162 g/mol. The first-order chi connectivity index (χ1) is 6.31. The second-order valence-corrected chi connectivity index (χ2v) is 2.70. The molecular formula is C10H19N3. The molecule has 0 fully saturated rings. The van der Waals surface area contributed by atoms with Gasteiger partial charge in [-0.25, -0.2) is 0 Å². The summed E-state index contributed by atoms with van der Waals surface area (Å²) in [4.78, 5) is 0. The molecule has 0 aromatic rings. The molecule has 0 aliphatic rings. The molecule has 2 N–H and O–H groups in total. The molecule has 0 saturated heterocycles. The van der Waals surface area contributed by atoms with E-state index in [0.29, 0.717) is 0 Å². The molecule has 0 amide bonds. The van der Waals surface area contributed by atoms with E-state index in [-0.39, 0.29) is 0 Å². The Morgan fingerprint density at radius 1 is 1.46 bits per heavy atom. The summed E-state index contributed by atoms with van der Waals surface area (Å²) in [6.07, 6.45) is 9.80. The number of allylic oxidation sites excluding steroid dienone is 3. The van der Waals surface area contributed by atoms with Crippen molar-refractivity contribution in [2.75, 3.05) is 7.05 Å². The lowest BCUT2D eigenvalue weighted by molar-refractivity contribution is 0.919. The van der Waals surface area contributed by atoms with Crippen molar-refractivity contribution in [2.24, 2.45) is 5.10 Å². The summed E-state index contributed by atoms with van der Waals surface area (Å²) < 4.78 is 0. The van der Waals surface area contributed by atoms with Crippen molar-refractivity contribution < 1.29 is 0 Å². The number of nitrogens with one attached hydrogen (secondary N) is 2. The molecule has 0 atom stereocenters. The van der Waals surface area contributed by atoms with Gasteiger partial charge in [0, 0.05) is 25.2 Å². The highest BCUT2D eigenvalue weighted by atomic mass is 15.3. The monoisotopic (exact) mass is 181 g/mol. The lowest BCUT2D eigenvalue weighted by Crippen LogP contribution is -2.01. The Bertz CT molecular complexity index is 192. The van der Waals surface area contributed by atoms with Gasteiger partial charge in [-0.3, -0.25) is 5.43 Å². The molecule has 0 aliphatic heterocycles. The number of hydrazone groups is 1. The first kappa shape index (κ1) is 11.8. The van der Waals surface area contributed by atoms with Crippen LogP contribution in [0.15, 0.2) is 29.2 Å². The summed E-state index contributed by atoms with van der Waals surface area (Å²) in [5.41, 5.74) is 3.90. The molecule has 3 nitrogen and oxygen atoms in total. The molecule has 0 saturated carbocycles. The van der Waals surface area contributed by atoms with Crippen LogP contribution in [0.4, 0.5) is 0 Å². The van der Waals surface area contributed by atoms with Gasteiger partial charge in [-0.1, -0.05) is 19.4 Å². The molecule has 0 heterocycles. The van der Waals surface area contributed by atoms with Gasteiger partial charge in [0.2, 0.25) is 0 Å². The predicted octanol–water partition coefficient (Wildman–Crippen LogP) is 2.00. The maximum absolute atomic E-state index is 3.95. The van der Waals surface area contributed by atoms with Crippen LogP contribution in [0.25, 0.3) is 0 Å². The summed E-state index contributed by atoms with van der Waals surface area (Å²) >= 11 is 0. The molecule has 0 aromatic heterocycles. The largest absolute Gasteiger partial charge is 0.392 e. The van der Waals surface area contributed by atoms with Crippen LogP contribution in [0.2, 0.25) is 0 Å². The third-order valence-corrected chi connectivity index (χ3v) is 1.52. The van der Waals surface area contributed by atoms with Crippen LogP contribution >= 0.6 is 0 Å². The Morgan fingerprint density at radius 2 is 2.23 bits per heavy atom. The molecule has 0 rings (SSSR count). The van der Waals surface area contributed by atoms with Gasteiger partial charge < -0.3 is 5.32 Å². The highest BCUT2D eigenvalue weighted by Gasteiger charge is 1.75. The van der Waals surface area contributed by atoms with Gasteiger partial charge in [0.15, 0.2) is 0 Å². The highest BCUT2D eigenvalue weighted by Crippen LogP contribution is 1.85. The standard InChI is InChI=1S/C10H19N3/c1-4-5-6-8-12-13-9-7-10(2)11-3/h6-9,11-12H,4-5H2,1-3H3/b8-6-,10-7+,13-9-. The average molecular weight is 181 g/mol. The van der Waals surface area contributed by atoms with Crippen LogP contribution in [0.5, 0.6) is 0 Å². The van der Waals surface area contributed by atoms with E-state index in [1.165, 1.54) is 6.42 Å². The Balaban J connectivity index is 3.52. The second-order valence-electron chi connectivity index (χ2n) is 2.70. The van der Waals surface area contributed by atoms with Crippen LogP contribution in [0.3, 0.4) is 0 Å². The first-order valence-electron chi connectivity index (χ1n) is 4.59. The van der Waals surface area contributed by atoms with E-state index >= 15 is 0 Å². The van der Waals surface area contributed by atoms with Gasteiger partial charge in [0.25, 0.3) is 0 Å². The number of rotatable bonds is 6. The first-order valence-corrected chi connectivity index (χ1v) is 4.59.